The molecule has 3 heteroatoms. The zero-order valence-corrected chi connectivity index (χ0v) is 8.23. The fraction of sp³-hybridized carbons (Fsp3) is 0.700. The van der Waals surface area contributed by atoms with Crippen molar-refractivity contribution in [2.75, 3.05) is 13.6 Å². The average molecular weight is 182 g/mol. The SMILES string of the molecule is C=C1CCC(CNC(=O)NC)CC1. The fourth-order valence-corrected chi connectivity index (χ4v) is 1.62. The highest BCUT2D eigenvalue weighted by Crippen LogP contribution is 2.26. The van der Waals surface area contributed by atoms with E-state index in [4.69, 9.17) is 0 Å². The second kappa shape index (κ2) is 4.90. The van der Waals surface area contributed by atoms with Crippen molar-refractivity contribution in [1.29, 1.82) is 0 Å². The van der Waals surface area contributed by atoms with Crippen LogP contribution >= 0.6 is 0 Å². The van der Waals surface area contributed by atoms with Gasteiger partial charge in [0.1, 0.15) is 0 Å². The van der Waals surface area contributed by atoms with Crippen molar-refractivity contribution in [3.05, 3.63) is 12.2 Å². The molecular formula is C10H18N2O. The summed E-state index contributed by atoms with van der Waals surface area (Å²) < 4.78 is 0. The minimum absolute atomic E-state index is 0.0793. The van der Waals surface area contributed by atoms with Crippen LogP contribution in [0.15, 0.2) is 12.2 Å². The van der Waals surface area contributed by atoms with Gasteiger partial charge < -0.3 is 10.6 Å². The highest BCUT2D eigenvalue weighted by atomic mass is 16.2. The van der Waals surface area contributed by atoms with E-state index in [1.165, 1.54) is 18.4 Å². The summed E-state index contributed by atoms with van der Waals surface area (Å²) in [6.45, 7) is 4.76. The molecule has 0 unspecified atom stereocenters. The molecule has 0 aliphatic heterocycles. The first-order chi connectivity index (χ1) is 6.22. The second-order valence-corrected chi connectivity index (χ2v) is 3.65. The minimum Gasteiger partial charge on any atom is -0.341 e. The molecule has 1 saturated carbocycles. The average Bonchev–Trinajstić information content (AvgIpc) is 2.16. The van der Waals surface area contributed by atoms with Crippen molar-refractivity contribution in [3.8, 4) is 0 Å². The lowest BCUT2D eigenvalue weighted by molar-refractivity contribution is 0.239. The van der Waals surface area contributed by atoms with E-state index in [9.17, 15) is 4.79 Å². The second-order valence-electron chi connectivity index (χ2n) is 3.65. The molecule has 2 amide bonds. The molecule has 0 aromatic rings. The predicted octanol–water partition coefficient (Wildman–Crippen LogP) is 1.66. The van der Waals surface area contributed by atoms with Gasteiger partial charge in [0, 0.05) is 13.6 Å². The zero-order valence-electron chi connectivity index (χ0n) is 8.23. The summed E-state index contributed by atoms with van der Waals surface area (Å²) in [5, 5.41) is 5.38. The molecule has 0 bridgehead atoms. The summed E-state index contributed by atoms with van der Waals surface area (Å²) in [4.78, 5) is 10.9. The summed E-state index contributed by atoms with van der Waals surface area (Å²) in [6.07, 6.45) is 4.59. The first kappa shape index (κ1) is 10.1. The Morgan fingerprint density at radius 2 is 2.15 bits per heavy atom. The van der Waals surface area contributed by atoms with Gasteiger partial charge in [-0.3, -0.25) is 0 Å². The van der Waals surface area contributed by atoms with Crippen molar-refractivity contribution in [3.63, 3.8) is 0 Å². The summed E-state index contributed by atoms with van der Waals surface area (Å²) in [5.41, 5.74) is 1.36. The fourth-order valence-electron chi connectivity index (χ4n) is 1.62. The van der Waals surface area contributed by atoms with Crippen molar-refractivity contribution in [2.45, 2.75) is 25.7 Å². The van der Waals surface area contributed by atoms with Crippen LogP contribution in [0.4, 0.5) is 4.79 Å². The Hall–Kier alpha value is -0.990. The van der Waals surface area contributed by atoms with E-state index in [1.54, 1.807) is 7.05 Å². The van der Waals surface area contributed by atoms with Gasteiger partial charge in [-0.2, -0.15) is 0 Å². The van der Waals surface area contributed by atoms with Crippen LogP contribution < -0.4 is 10.6 Å². The van der Waals surface area contributed by atoms with Crippen molar-refractivity contribution in [2.24, 2.45) is 5.92 Å². The molecule has 2 N–H and O–H groups in total. The molecule has 1 aliphatic carbocycles. The normalized spacial score (nSPS) is 18.4. The van der Waals surface area contributed by atoms with E-state index < -0.39 is 0 Å². The van der Waals surface area contributed by atoms with Gasteiger partial charge in [0.25, 0.3) is 0 Å². The molecule has 0 spiro atoms. The van der Waals surface area contributed by atoms with Crippen LogP contribution in [0, 0.1) is 5.92 Å². The Morgan fingerprint density at radius 1 is 1.54 bits per heavy atom. The van der Waals surface area contributed by atoms with Crippen LogP contribution in [0.1, 0.15) is 25.7 Å². The smallest absolute Gasteiger partial charge is 0.314 e. The Kier molecular flexibility index (Phi) is 3.80. The Labute approximate surface area is 79.6 Å². The van der Waals surface area contributed by atoms with Gasteiger partial charge in [-0.05, 0) is 31.6 Å². The molecule has 1 rings (SSSR count). The number of carbonyl (C=O) groups excluding carboxylic acids is 1. The summed E-state index contributed by atoms with van der Waals surface area (Å²) in [6, 6.07) is -0.0793. The van der Waals surface area contributed by atoms with E-state index in [2.05, 4.69) is 17.2 Å². The Balaban J connectivity index is 2.15. The van der Waals surface area contributed by atoms with E-state index in [0.29, 0.717) is 5.92 Å². The molecule has 74 valence electrons. The Morgan fingerprint density at radius 3 is 2.69 bits per heavy atom. The molecule has 3 nitrogen and oxygen atoms in total. The summed E-state index contributed by atoms with van der Waals surface area (Å²) in [7, 11) is 1.64. The van der Waals surface area contributed by atoms with Gasteiger partial charge in [0.05, 0.1) is 0 Å². The minimum atomic E-state index is -0.0793. The first-order valence-corrected chi connectivity index (χ1v) is 4.84. The lowest BCUT2D eigenvalue weighted by Crippen LogP contribution is -2.36. The predicted molar refractivity (Wildman–Crippen MR) is 53.6 cm³/mol. The maximum Gasteiger partial charge on any atom is 0.314 e. The number of hydrogen-bond donors (Lipinski definition) is 2. The first-order valence-electron chi connectivity index (χ1n) is 4.84. The number of rotatable bonds is 2. The van der Waals surface area contributed by atoms with Gasteiger partial charge in [0.2, 0.25) is 0 Å². The van der Waals surface area contributed by atoms with Crippen LogP contribution in [-0.2, 0) is 0 Å². The number of nitrogens with one attached hydrogen (secondary N) is 2. The highest BCUT2D eigenvalue weighted by molar-refractivity contribution is 5.73. The molecule has 1 aliphatic rings. The van der Waals surface area contributed by atoms with Gasteiger partial charge >= 0.3 is 6.03 Å². The molecule has 13 heavy (non-hydrogen) atoms. The summed E-state index contributed by atoms with van der Waals surface area (Å²) in [5.74, 6) is 0.641. The maximum atomic E-state index is 10.9. The molecule has 0 aromatic carbocycles. The molecule has 0 atom stereocenters. The standard InChI is InChI=1S/C10H18N2O/c1-8-3-5-9(6-4-8)7-12-10(13)11-2/h9H,1,3-7H2,2H3,(H2,11,12,13). The number of urea groups is 1. The molecule has 1 fully saturated rings. The van der Waals surface area contributed by atoms with Crippen molar-refractivity contribution >= 4 is 6.03 Å². The van der Waals surface area contributed by atoms with Gasteiger partial charge in [0.15, 0.2) is 0 Å². The van der Waals surface area contributed by atoms with Crippen molar-refractivity contribution in [1.82, 2.24) is 10.6 Å². The van der Waals surface area contributed by atoms with Gasteiger partial charge in [-0.25, -0.2) is 4.79 Å². The lowest BCUT2D eigenvalue weighted by atomic mass is 9.86. The topological polar surface area (TPSA) is 41.1 Å². The Bertz CT molecular complexity index is 191. The van der Waals surface area contributed by atoms with E-state index in [-0.39, 0.29) is 6.03 Å². The highest BCUT2D eigenvalue weighted by Gasteiger charge is 2.15. The van der Waals surface area contributed by atoms with Gasteiger partial charge in [-0.1, -0.05) is 12.2 Å². The third-order valence-electron chi connectivity index (χ3n) is 2.59. The van der Waals surface area contributed by atoms with Crippen LogP contribution in [0.25, 0.3) is 0 Å². The quantitative estimate of drug-likeness (QED) is 0.626. The number of amides is 2. The van der Waals surface area contributed by atoms with E-state index in [0.717, 1.165) is 19.4 Å². The number of hydrogen-bond acceptors (Lipinski definition) is 1. The zero-order chi connectivity index (χ0) is 9.68. The summed E-state index contributed by atoms with van der Waals surface area (Å²) >= 11 is 0. The van der Waals surface area contributed by atoms with Crippen LogP contribution in [0.5, 0.6) is 0 Å². The van der Waals surface area contributed by atoms with Crippen molar-refractivity contribution < 1.29 is 4.79 Å². The number of allylic oxidation sites excluding steroid dienone is 1. The largest absolute Gasteiger partial charge is 0.341 e. The van der Waals surface area contributed by atoms with Crippen LogP contribution in [0.2, 0.25) is 0 Å². The molecule has 0 radical (unpaired) electrons. The molecule has 0 saturated heterocycles. The molecular weight excluding hydrogens is 164 g/mol. The van der Waals surface area contributed by atoms with E-state index >= 15 is 0 Å². The molecule has 0 heterocycles. The monoisotopic (exact) mass is 182 g/mol. The van der Waals surface area contributed by atoms with Crippen LogP contribution in [0.3, 0.4) is 0 Å². The number of carbonyl (C=O) groups is 1. The van der Waals surface area contributed by atoms with Gasteiger partial charge in [-0.15, -0.1) is 0 Å². The molecule has 0 aromatic heterocycles. The van der Waals surface area contributed by atoms with E-state index in [1.807, 2.05) is 0 Å². The maximum absolute atomic E-state index is 10.9. The lowest BCUT2D eigenvalue weighted by Gasteiger charge is -2.23. The third kappa shape index (κ3) is 3.49. The van der Waals surface area contributed by atoms with Crippen LogP contribution in [-0.4, -0.2) is 19.6 Å². The third-order valence-corrected chi connectivity index (χ3v) is 2.59.